The molecule has 2 aromatic carbocycles. The number of hydrogen-bond donors (Lipinski definition) is 1. The first-order chi connectivity index (χ1) is 15.1. The Kier molecular flexibility index (Phi) is 6.18. The van der Waals surface area contributed by atoms with Crippen LogP contribution in [0.5, 0.6) is 11.5 Å². The minimum Gasteiger partial charge on any atom is -0.494 e. The summed E-state index contributed by atoms with van der Waals surface area (Å²) in [6.07, 6.45) is 1.88. The molecule has 1 amide bonds. The molecule has 0 radical (unpaired) electrons. The number of carbonyl (C=O) groups is 1. The summed E-state index contributed by atoms with van der Waals surface area (Å²) in [4.78, 5) is 17.4. The third-order valence-electron chi connectivity index (χ3n) is 5.08. The third-order valence-corrected chi connectivity index (χ3v) is 5.08. The molecule has 1 atom stereocenters. The molecule has 162 valence electrons. The summed E-state index contributed by atoms with van der Waals surface area (Å²) in [5.41, 5.74) is 0.999. The van der Waals surface area contributed by atoms with Crippen LogP contribution in [0.15, 0.2) is 51.9 Å². The molecule has 0 spiro atoms. The number of hydrogen-bond acceptors (Lipinski definition) is 6. The normalized spacial score (nSPS) is 16.5. The van der Waals surface area contributed by atoms with Crippen LogP contribution in [0.3, 0.4) is 0 Å². The molecule has 2 heterocycles. The highest BCUT2D eigenvalue weighted by Crippen LogP contribution is 2.26. The van der Waals surface area contributed by atoms with E-state index in [4.69, 9.17) is 18.6 Å². The van der Waals surface area contributed by atoms with E-state index in [0.717, 1.165) is 12.8 Å². The van der Waals surface area contributed by atoms with Gasteiger partial charge in [-0.1, -0.05) is 12.1 Å². The maximum absolute atomic E-state index is 14.1. The van der Waals surface area contributed by atoms with E-state index in [1.807, 2.05) is 6.07 Å². The van der Waals surface area contributed by atoms with E-state index in [1.54, 1.807) is 24.3 Å². The van der Waals surface area contributed by atoms with Crippen molar-refractivity contribution in [2.75, 3.05) is 27.4 Å². The van der Waals surface area contributed by atoms with Gasteiger partial charge in [0, 0.05) is 24.6 Å². The summed E-state index contributed by atoms with van der Waals surface area (Å²) >= 11 is 0. The van der Waals surface area contributed by atoms with Crippen LogP contribution in [0.2, 0.25) is 0 Å². The monoisotopic (exact) mass is 426 g/mol. The van der Waals surface area contributed by atoms with Gasteiger partial charge in [-0.3, -0.25) is 4.79 Å². The Morgan fingerprint density at radius 1 is 1.19 bits per heavy atom. The van der Waals surface area contributed by atoms with Gasteiger partial charge in [-0.15, -0.1) is 0 Å². The summed E-state index contributed by atoms with van der Waals surface area (Å²) < 4.78 is 36.0. The third kappa shape index (κ3) is 4.54. The van der Waals surface area contributed by atoms with Gasteiger partial charge >= 0.3 is 0 Å². The van der Waals surface area contributed by atoms with Gasteiger partial charge in [-0.25, -0.2) is 9.38 Å². The number of amides is 1. The molecule has 3 aromatic rings. The number of nitrogens with zero attached hydrogens (tertiary/aromatic N) is 1. The zero-order chi connectivity index (χ0) is 21.8. The number of carbonyl (C=O) groups excluding carboxylic acids is 1. The highest BCUT2D eigenvalue weighted by Gasteiger charge is 2.19. The highest BCUT2D eigenvalue weighted by molar-refractivity contribution is 5.97. The lowest BCUT2D eigenvalue weighted by atomic mass is 10.1. The molecule has 1 aliphatic rings. The van der Waals surface area contributed by atoms with Crippen LogP contribution in [0, 0.1) is 5.82 Å². The fraction of sp³-hybridized carbons (Fsp3) is 0.304. The van der Waals surface area contributed by atoms with Crippen molar-refractivity contribution < 1.29 is 27.8 Å². The molecular weight excluding hydrogens is 403 g/mol. The Balaban J connectivity index is 1.79. The average Bonchev–Trinajstić information content (AvgIpc) is 3.30. The number of para-hydroxylation sites is 1. The summed E-state index contributed by atoms with van der Waals surface area (Å²) in [7, 11) is 2.92. The molecule has 7 nitrogen and oxygen atoms in total. The minimum absolute atomic E-state index is 0.00230. The molecule has 0 aliphatic carbocycles. The molecular formula is C23H23FN2O5. The lowest BCUT2D eigenvalue weighted by Crippen LogP contribution is -2.34. The van der Waals surface area contributed by atoms with Gasteiger partial charge in [0.2, 0.25) is 5.55 Å². The first kappa shape index (κ1) is 20.9. The molecule has 1 N–H and O–H groups in total. The van der Waals surface area contributed by atoms with E-state index in [1.165, 1.54) is 26.4 Å². The topological polar surface area (TPSA) is 82.3 Å². The summed E-state index contributed by atoms with van der Waals surface area (Å²) in [6, 6.07) is 11.3. The van der Waals surface area contributed by atoms with Crippen molar-refractivity contribution in [3.63, 3.8) is 0 Å². The maximum atomic E-state index is 14.1. The Labute approximate surface area is 178 Å². The van der Waals surface area contributed by atoms with Gasteiger partial charge in [0.25, 0.3) is 5.91 Å². The Morgan fingerprint density at radius 3 is 2.74 bits per heavy atom. The van der Waals surface area contributed by atoms with Crippen LogP contribution in [0.1, 0.15) is 23.2 Å². The lowest BCUT2D eigenvalue weighted by Gasteiger charge is -2.12. The van der Waals surface area contributed by atoms with E-state index < -0.39 is 5.82 Å². The maximum Gasteiger partial charge on any atom is 0.256 e. The lowest BCUT2D eigenvalue weighted by molar-refractivity contribution is 0.0854. The van der Waals surface area contributed by atoms with Gasteiger partial charge in [0.05, 0.1) is 26.0 Å². The van der Waals surface area contributed by atoms with E-state index in [-0.39, 0.29) is 34.6 Å². The standard InChI is InChI=1S/C23H23FN2O5/c1-28-19-9-8-15(12-18(19)24)26-23-17(22(27)25-13-16-6-4-10-30-16)11-14-5-3-7-20(29-2)21(14)31-23/h3,5,7-9,11-12,16H,4,6,10,13H2,1-2H3,(H,25,27). The molecule has 1 aromatic heterocycles. The van der Waals surface area contributed by atoms with Crippen molar-refractivity contribution in [2.24, 2.45) is 4.99 Å². The second-order valence-corrected chi connectivity index (χ2v) is 7.12. The zero-order valence-corrected chi connectivity index (χ0v) is 17.3. The van der Waals surface area contributed by atoms with Gasteiger partial charge < -0.3 is 23.9 Å². The van der Waals surface area contributed by atoms with Crippen LogP contribution in [-0.4, -0.2) is 39.4 Å². The van der Waals surface area contributed by atoms with E-state index in [0.29, 0.717) is 29.9 Å². The highest BCUT2D eigenvalue weighted by atomic mass is 19.1. The van der Waals surface area contributed by atoms with Crippen LogP contribution in [0.4, 0.5) is 10.1 Å². The minimum atomic E-state index is -0.563. The van der Waals surface area contributed by atoms with Crippen molar-refractivity contribution in [3.8, 4) is 11.5 Å². The molecule has 1 saturated heterocycles. The molecule has 1 fully saturated rings. The molecule has 8 heteroatoms. The SMILES string of the molecule is COc1ccc(N=c2oc3c(OC)cccc3cc2C(=O)NCC2CCCO2)cc1F. The van der Waals surface area contributed by atoms with Crippen molar-refractivity contribution in [1.82, 2.24) is 5.32 Å². The number of benzene rings is 2. The first-order valence-corrected chi connectivity index (χ1v) is 9.98. The van der Waals surface area contributed by atoms with E-state index in [2.05, 4.69) is 10.3 Å². The molecule has 1 unspecified atom stereocenters. The van der Waals surface area contributed by atoms with Gasteiger partial charge in [0.15, 0.2) is 22.9 Å². The number of ether oxygens (including phenoxy) is 3. The number of nitrogens with one attached hydrogen (secondary N) is 1. The smallest absolute Gasteiger partial charge is 0.256 e. The van der Waals surface area contributed by atoms with Crippen LogP contribution in [-0.2, 0) is 4.74 Å². The van der Waals surface area contributed by atoms with Gasteiger partial charge in [0.1, 0.15) is 5.56 Å². The van der Waals surface area contributed by atoms with Crippen molar-refractivity contribution >= 4 is 22.6 Å². The molecule has 0 saturated carbocycles. The fourth-order valence-electron chi connectivity index (χ4n) is 3.48. The molecule has 31 heavy (non-hydrogen) atoms. The molecule has 0 bridgehead atoms. The summed E-state index contributed by atoms with van der Waals surface area (Å²) in [6.45, 7) is 1.10. The number of rotatable bonds is 6. The Morgan fingerprint density at radius 2 is 2.03 bits per heavy atom. The van der Waals surface area contributed by atoms with Crippen molar-refractivity contribution in [2.45, 2.75) is 18.9 Å². The Bertz CT molecular complexity index is 1170. The number of halogens is 1. The van der Waals surface area contributed by atoms with Crippen molar-refractivity contribution in [3.05, 3.63) is 59.4 Å². The predicted octanol–water partition coefficient (Wildman–Crippen LogP) is 3.73. The second-order valence-electron chi connectivity index (χ2n) is 7.12. The van der Waals surface area contributed by atoms with E-state index in [9.17, 15) is 9.18 Å². The zero-order valence-electron chi connectivity index (χ0n) is 17.3. The van der Waals surface area contributed by atoms with Crippen LogP contribution in [0.25, 0.3) is 11.0 Å². The quantitative estimate of drug-likeness (QED) is 0.650. The number of methoxy groups -OCH3 is 2. The van der Waals surface area contributed by atoms with Crippen molar-refractivity contribution in [1.29, 1.82) is 0 Å². The second kappa shape index (κ2) is 9.18. The average molecular weight is 426 g/mol. The van der Waals surface area contributed by atoms with Gasteiger partial charge in [-0.2, -0.15) is 0 Å². The largest absolute Gasteiger partial charge is 0.494 e. The molecule has 4 rings (SSSR count). The Hall–Kier alpha value is -3.39. The van der Waals surface area contributed by atoms with Gasteiger partial charge in [-0.05, 0) is 37.1 Å². The summed E-state index contributed by atoms with van der Waals surface area (Å²) in [5, 5.41) is 3.56. The first-order valence-electron chi connectivity index (χ1n) is 9.98. The summed E-state index contributed by atoms with van der Waals surface area (Å²) in [5.74, 6) is -0.310. The number of fused-ring (bicyclic) bond motifs is 1. The van der Waals surface area contributed by atoms with Crippen LogP contribution >= 0.6 is 0 Å². The predicted molar refractivity (Wildman–Crippen MR) is 112 cm³/mol. The fourth-order valence-corrected chi connectivity index (χ4v) is 3.48. The van der Waals surface area contributed by atoms with Crippen LogP contribution < -0.4 is 20.3 Å². The molecule has 1 aliphatic heterocycles. The van der Waals surface area contributed by atoms with E-state index >= 15 is 0 Å².